The monoisotopic (exact) mass is 1070 g/mol. The minimum Gasteiger partial charge on any atom is -0.330 e. The summed E-state index contributed by atoms with van der Waals surface area (Å²) >= 11 is 0. The zero-order chi connectivity index (χ0) is 43.6. The van der Waals surface area contributed by atoms with Crippen molar-refractivity contribution in [2.24, 2.45) is 5.92 Å². The van der Waals surface area contributed by atoms with E-state index in [-0.39, 0.29) is 48.1 Å². The molecule has 5 heteroatoms. The summed E-state index contributed by atoms with van der Waals surface area (Å²) in [4.78, 5) is 4.20. The summed E-state index contributed by atoms with van der Waals surface area (Å²) in [5.41, 5.74) is 12.4. The van der Waals surface area contributed by atoms with E-state index in [1.807, 2.05) is 18.3 Å². The van der Waals surface area contributed by atoms with Gasteiger partial charge in [-0.3, -0.25) is 16.1 Å². The van der Waals surface area contributed by atoms with Crippen molar-refractivity contribution in [1.29, 1.82) is 0 Å². The van der Waals surface area contributed by atoms with Crippen molar-refractivity contribution in [3.05, 3.63) is 206 Å². The zero-order valence-electron chi connectivity index (χ0n) is 37.6. The molecule has 0 aliphatic heterocycles. The summed E-state index contributed by atoms with van der Waals surface area (Å²) in [6.07, 6.45) is 9.50. The molecule has 3 atom stereocenters. The van der Waals surface area contributed by atoms with E-state index in [4.69, 9.17) is 0 Å². The first-order valence-corrected chi connectivity index (χ1v) is 22.9. The van der Waals surface area contributed by atoms with E-state index in [9.17, 15) is 0 Å². The van der Waals surface area contributed by atoms with Gasteiger partial charge in [-0.25, -0.2) is 12.1 Å². The summed E-state index contributed by atoms with van der Waals surface area (Å²) in [6, 6.07) is 65.6. The number of hydrogen-bond acceptors (Lipinski definition) is 1. The van der Waals surface area contributed by atoms with E-state index in [0.29, 0.717) is 0 Å². The Morgan fingerprint density at radius 2 is 1.14 bits per heavy atom. The predicted molar refractivity (Wildman–Crippen MR) is 270 cm³/mol. The Morgan fingerprint density at radius 1 is 0.600 bits per heavy atom. The van der Waals surface area contributed by atoms with Crippen LogP contribution in [0.4, 0.5) is 0 Å². The largest absolute Gasteiger partial charge is 2.00 e. The third-order valence-electron chi connectivity index (χ3n) is 14.6. The van der Waals surface area contributed by atoms with Crippen molar-refractivity contribution < 1.29 is 31.1 Å². The van der Waals surface area contributed by atoms with Crippen LogP contribution in [0.5, 0.6) is 0 Å². The van der Waals surface area contributed by atoms with E-state index in [1.165, 1.54) is 76.5 Å². The van der Waals surface area contributed by atoms with Crippen molar-refractivity contribution in [3.8, 4) is 16.8 Å². The normalized spacial score (nSPS) is 14.2. The maximum atomic E-state index is 4.24. The van der Waals surface area contributed by atoms with Gasteiger partial charge in [0.1, 0.15) is 0 Å². The van der Waals surface area contributed by atoms with Crippen LogP contribution < -0.4 is 0 Å². The number of nitrogens with zero attached hydrogens (tertiary/aromatic N) is 4. The van der Waals surface area contributed by atoms with E-state index in [1.54, 1.807) is 6.20 Å². The molecular formula is C60H52N4U. The van der Waals surface area contributed by atoms with Crippen LogP contribution in [0.1, 0.15) is 64.5 Å². The van der Waals surface area contributed by atoms with E-state index in [0.717, 1.165) is 42.5 Å². The van der Waals surface area contributed by atoms with E-state index < -0.39 is 0 Å². The molecule has 0 aliphatic rings. The van der Waals surface area contributed by atoms with Gasteiger partial charge in [0.05, 0.1) is 22.1 Å². The molecule has 3 unspecified atom stereocenters. The Bertz CT molecular complexity index is 3500. The molecule has 65 heavy (non-hydrogen) atoms. The van der Waals surface area contributed by atoms with Crippen molar-refractivity contribution in [3.63, 3.8) is 0 Å². The molecule has 11 rings (SSSR count). The Hall–Kier alpha value is -6.12. The molecule has 0 fully saturated rings. The van der Waals surface area contributed by atoms with E-state index in [2.05, 4.69) is 217 Å². The zero-order valence-corrected chi connectivity index (χ0v) is 41.8. The summed E-state index contributed by atoms with van der Waals surface area (Å²) in [5, 5.41) is 7.66. The van der Waals surface area contributed by atoms with Gasteiger partial charge in [-0.05, 0) is 110 Å². The van der Waals surface area contributed by atoms with Gasteiger partial charge in [-0.15, -0.1) is 12.6 Å². The third-order valence-corrected chi connectivity index (χ3v) is 14.6. The second kappa shape index (κ2) is 17.0. The number of para-hydroxylation sites is 4. The van der Waals surface area contributed by atoms with Crippen LogP contribution in [0.3, 0.4) is 0 Å². The minimum atomic E-state index is -0.382. The molecule has 4 heterocycles. The first-order chi connectivity index (χ1) is 31.4. The average molecular weight is 1070 g/mol. The van der Waals surface area contributed by atoms with Gasteiger partial charge in [0, 0.05) is 54.4 Å². The number of benzene rings is 7. The van der Waals surface area contributed by atoms with Crippen molar-refractivity contribution in [1.82, 2.24) is 18.7 Å². The standard InChI is InChI=1S/C60H52N4.U/c1-6-18-41(4)59(5,63-55-26-14-10-21-47(55)48-22-11-15-27-56(48)63)44-29-32-58-52(39-44)50-24-12-16-28-57(50)64(58)60(8-3,35-7-2)45-30-31-54-51(40-45)49-23-9-13-25-53(49)62(54)46-20-17-19-43(38-46)42-33-36-61-37-34-42;/h6,9-17,20-33,36-41H,1,7-8,18,35H2,2-5H3;/q-2;+2. The molecule has 0 saturated heterocycles. The SMILES string of the molecule is C=CCC(C)C(C)(c1ccc2c(c1)c1ccccc1n2C(CC)(CCC)c1ccc2c(c1)c1ccccc1n2-c1cc[c-]c(-c2[c-]cncc2)c1)n1c2ccccc2c2ccccc21.[U+2]. The van der Waals surface area contributed by atoms with Gasteiger partial charge < -0.3 is 13.7 Å². The first-order valence-electron chi connectivity index (χ1n) is 22.9. The first kappa shape index (κ1) is 42.8. The van der Waals surface area contributed by atoms with E-state index >= 15 is 0 Å². The molecule has 0 radical (unpaired) electrons. The van der Waals surface area contributed by atoms with Gasteiger partial charge in [-0.1, -0.05) is 118 Å². The molecule has 4 aromatic heterocycles. The third kappa shape index (κ3) is 6.57. The van der Waals surface area contributed by atoms with Crippen LogP contribution in [0, 0.1) is 49.2 Å². The van der Waals surface area contributed by atoms with Crippen LogP contribution in [0.15, 0.2) is 183 Å². The van der Waals surface area contributed by atoms with Crippen molar-refractivity contribution in [2.75, 3.05) is 0 Å². The Kier molecular flexibility index (Phi) is 11.2. The number of aromatic nitrogens is 4. The Labute approximate surface area is 405 Å². The van der Waals surface area contributed by atoms with Gasteiger partial charge in [0.25, 0.3) is 0 Å². The summed E-state index contributed by atoms with van der Waals surface area (Å²) < 4.78 is 7.74. The molecular weight excluding hydrogens is 1010 g/mol. The smallest absolute Gasteiger partial charge is 0.330 e. The molecule has 0 amide bonds. The van der Waals surface area contributed by atoms with Gasteiger partial charge in [0.2, 0.25) is 0 Å². The van der Waals surface area contributed by atoms with Gasteiger partial charge in [-0.2, -0.15) is 18.2 Å². The fourth-order valence-corrected chi connectivity index (χ4v) is 11.4. The fourth-order valence-electron chi connectivity index (χ4n) is 11.4. The van der Waals surface area contributed by atoms with Crippen molar-refractivity contribution >= 4 is 65.4 Å². The molecule has 0 N–H and O–H groups in total. The Morgan fingerprint density at radius 3 is 1.77 bits per heavy atom. The quantitative estimate of drug-likeness (QED) is 0.0885. The average Bonchev–Trinajstić information content (AvgIpc) is 3.99. The molecule has 0 aliphatic carbocycles. The van der Waals surface area contributed by atoms with Crippen LogP contribution in [0.2, 0.25) is 0 Å². The molecule has 0 saturated carbocycles. The van der Waals surface area contributed by atoms with Crippen LogP contribution in [0.25, 0.3) is 82.2 Å². The van der Waals surface area contributed by atoms with Crippen molar-refractivity contribution in [2.45, 2.75) is 64.5 Å². The molecule has 7 aromatic carbocycles. The topological polar surface area (TPSA) is 27.7 Å². The molecule has 316 valence electrons. The van der Waals surface area contributed by atoms with Crippen LogP contribution in [-0.2, 0) is 11.1 Å². The maximum absolute atomic E-state index is 4.24. The summed E-state index contributed by atoms with van der Waals surface area (Å²) in [6.45, 7) is 13.8. The summed E-state index contributed by atoms with van der Waals surface area (Å²) in [7, 11) is 0. The molecule has 0 bridgehead atoms. The van der Waals surface area contributed by atoms with Gasteiger partial charge in [0.15, 0.2) is 0 Å². The number of hydrogen-bond donors (Lipinski definition) is 0. The maximum Gasteiger partial charge on any atom is 2.00 e. The number of allylic oxidation sites excluding steroid dienone is 1. The minimum absolute atomic E-state index is 0. The second-order valence-corrected chi connectivity index (χ2v) is 17.9. The second-order valence-electron chi connectivity index (χ2n) is 17.9. The molecule has 0 spiro atoms. The predicted octanol–water partition coefficient (Wildman–Crippen LogP) is 15.6. The Balaban J connectivity index is 0.00000498. The summed E-state index contributed by atoms with van der Waals surface area (Å²) in [5.74, 6) is 0.258. The number of pyridine rings is 1. The van der Waals surface area contributed by atoms with Crippen LogP contribution in [-0.4, -0.2) is 18.7 Å². The van der Waals surface area contributed by atoms with Gasteiger partial charge >= 0.3 is 31.1 Å². The molecule has 11 aromatic rings. The number of fused-ring (bicyclic) bond motifs is 9. The fraction of sp³-hybridized carbons (Fsp3) is 0.183. The number of rotatable bonds is 12. The molecule has 4 nitrogen and oxygen atoms in total. The van der Waals surface area contributed by atoms with Crippen LogP contribution >= 0.6 is 0 Å².